The van der Waals surface area contributed by atoms with Crippen LogP contribution in [0.5, 0.6) is 5.75 Å². The summed E-state index contributed by atoms with van der Waals surface area (Å²) in [5.74, 6) is 1.48. The maximum atomic E-state index is 5.88. The predicted molar refractivity (Wildman–Crippen MR) is 83.0 cm³/mol. The molecule has 5 nitrogen and oxygen atoms in total. The Kier molecular flexibility index (Phi) is 5.78. The summed E-state index contributed by atoms with van der Waals surface area (Å²) >= 11 is 3.51. The SMILES string of the molecule is COCc1cc(COc2c(Br)cccc2CC(C)N)no1. The first-order valence-electron chi connectivity index (χ1n) is 6.69. The smallest absolute Gasteiger partial charge is 0.162 e. The van der Waals surface area contributed by atoms with E-state index in [-0.39, 0.29) is 6.04 Å². The van der Waals surface area contributed by atoms with Crippen molar-refractivity contribution in [2.24, 2.45) is 5.73 Å². The minimum Gasteiger partial charge on any atom is -0.486 e. The summed E-state index contributed by atoms with van der Waals surface area (Å²) in [6.07, 6.45) is 0.752. The van der Waals surface area contributed by atoms with E-state index >= 15 is 0 Å². The molecule has 1 unspecified atom stereocenters. The first kappa shape index (κ1) is 16.0. The molecule has 0 aliphatic rings. The highest BCUT2D eigenvalue weighted by atomic mass is 79.9. The second kappa shape index (κ2) is 7.59. The van der Waals surface area contributed by atoms with Crippen molar-refractivity contribution in [1.82, 2.24) is 5.16 Å². The zero-order chi connectivity index (χ0) is 15.2. The van der Waals surface area contributed by atoms with Crippen LogP contribution in [0.2, 0.25) is 0 Å². The summed E-state index contributed by atoms with van der Waals surface area (Å²) in [5, 5.41) is 3.95. The fourth-order valence-electron chi connectivity index (χ4n) is 2.00. The zero-order valence-electron chi connectivity index (χ0n) is 12.1. The van der Waals surface area contributed by atoms with E-state index in [1.54, 1.807) is 7.11 Å². The summed E-state index contributed by atoms with van der Waals surface area (Å²) < 4.78 is 16.9. The average Bonchev–Trinajstić information content (AvgIpc) is 2.86. The van der Waals surface area contributed by atoms with Gasteiger partial charge in [0.05, 0.1) is 4.47 Å². The van der Waals surface area contributed by atoms with Crippen molar-refractivity contribution < 1.29 is 14.0 Å². The van der Waals surface area contributed by atoms with Gasteiger partial charge in [-0.15, -0.1) is 0 Å². The standard InChI is InChI=1S/C15H19BrN2O3/c1-10(17)6-11-4-3-5-14(16)15(11)20-8-12-7-13(9-19-2)21-18-12/h3-5,7,10H,6,8-9,17H2,1-2H3. The summed E-state index contributed by atoms with van der Waals surface area (Å²) in [4.78, 5) is 0. The topological polar surface area (TPSA) is 70.5 Å². The van der Waals surface area contributed by atoms with E-state index in [1.807, 2.05) is 31.2 Å². The summed E-state index contributed by atoms with van der Waals surface area (Å²) in [5.41, 5.74) is 7.67. The highest BCUT2D eigenvalue weighted by Gasteiger charge is 2.11. The lowest BCUT2D eigenvalue weighted by molar-refractivity contribution is 0.155. The van der Waals surface area contributed by atoms with Gasteiger partial charge in [0.1, 0.15) is 24.7 Å². The van der Waals surface area contributed by atoms with Gasteiger partial charge in [-0.3, -0.25) is 0 Å². The van der Waals surface area contributed by atoms with Gasteiger partial charge >= 0.3 is 0 Å². The van der Waals surface area contributed by atoms with E-state index in [9.17, 15) is 0 Å². The maximum absolute atomic E-state index is 5.88. The number of para-hydroxylation sites is 1. The van der Waals surface area contributed by atoms with Crippen LogP contribution < -0.4 is 10.5 Å². The molecule has 114 valence electrons. The first-order chi connectivity index (χ1) is 10.1. The Morgan fingerprint density at radius 2 is 2.19 bits per heavy atom. The second-order valence-corrected chi connectivity index (χ2v) is 5.77. The molecule has 6 heteroatoms. The Balaban J connectivity index is 2.07. The number of benzene rings is 1. The van der Waals surface area contributed by atoms with Gasteiger partial charge in [0, 0.05) is 19.2 Å². The quantitative estimate of drug-likeness (QED) is 0.827. The van der Waals surface area contributed by atoms with Crippen LogP contribution in [0, 0.1) is 0 Å². The van der Waals surface area contributed by atoms with Crippen LogP contribution >= 0.6 is 15.9 Å². The van der Waals surface area contributed by atoms with Gasteiger partial charge < -0.3 is 19.7 Å². The number of nitrogens with zero attached hydrogens (tertiary/aromatic N) is 1. The number of halogens is 1. The number of rotatable bonds is 7. The lowest BCUT2D eigenvalue weighted by Gasteiger charge is -2.14. The van der Waals surface area contributed by atoms with Gasteiger partial charge in [-0.25, -0.2) is 0 Å². The van der Waals surface area contributed by atoms with Gasteiger partial charge in [0.15, 0.2) is 5.76 Å². The Labute approximate surface area is 132 Å². The zero-order valence-corrected chi connectivity index (χ0v) is 13.7. The molecule has 0 saturated carbocycles. The van der Waals surface area contributed by atoms with Crippen LogP contribution in [0.3, 0.4) is 0 Å². The Hall–Kier alpha value is -1.37. The lowest BCUT2D eigenvalue weighted by Crippen LogP contribution is -2.18. The van der Waals surface area contributed by atoms with Crippen LogP contribution in [0.1, 0.15) is 23.9 Å². The van der Waals surface area contributed by atoms with Crippen LogP contribution in [0.25, 0.3) is 0 Å². The minimum atomic E-state index is 0.0713. The highest BCUT2D eigenvalue weighted by Crippen LogP contribution is 2.30. The summed E-state index contributed by atoms with van der Waals surface area (Å²) in [6, 6.07) is 7.83. The molecule has 2 aromatic rings. The molecule has 0 radical (unpaired) electrons. The monoisotopic (exact) mass is 354 g/mol. The molecule has 1 heterocycles. The Morgan fingerprint density at radius 3 is 2.90 bits per heavy atom. The molecule has 1 aromatic heterocycles. The van der Waals surface area contributed by atoms with E-state index in [1.165, 1.54) is 0 Å². The molecule has 0 fully saturated rings. The van der Waals surface area contributed by atoms with Crippen molar-refractivity contribution >= 4 is 15.9 Å². The van der Waals surface area contributed by atoms with E-state index in [0.717, 1.165) is 27.9 Å². The molecule has 0 aliphatic carbocycles. The van der Waals surface area contributed by atoms with Crippen molar-refractivity contribution in [3.05, 3.63) is 45.8 Å². The minimum absolute atomic E-state index is 0.0713. The normalized spacial score (nSPS) is 12.4. The van der Waals surface area contributed by atoms with E-state index in [0.29, 0.717) is 19.0 Å². The number of aromatic nitrogens is 1. The third-order valence-corrected chi connectivity index (χ3v) is 3.47. The molecule has 0 bridgehead atoms. The van der Waals surface area contributed by atoms with E-state index in [2.05, 4.69) is 21.1 Å². The van der Waals surface area contributed by atoms with Crippen LogP contribution in [0.15, 0.2) is 33.3 Å². The fraction of sp³-hybridized carbons (Fsp3) is 0.400. The maximum Gasteiger partial charge on any atom is 0.162 e. The van der Waals surface area contributed by atoms with Gasteiger partial charge in [-0.1, -0.05) is 17.3 Å². The van der Waals surface area contributed by atoms with Gasteiger partial charge in [0.25, 0.3) is 0 Å². The summed E-state index contributed by atoms with van der Waals surface area (Å²) in [7, 11) is 1.61. The Bertz CT molecular complexity index is 584. The second-order valence-electron chi connectivity index (χ2n) is 4.92. The molecular formula is C15H19BrN2O3. The number of nitrogens with two attached hydrogens (primary N) is 1. The number of hydrogen-bond donors (Lipinski definition) is 1. The molecule has 0 aliphatic heterocycles. The van der Waals surface area contributed by atoms with Crippen LogP contribution in [-0.4, -0.2) is 18.3 Å². The molecule has 2 N–H and O–H groups in total. The molecule has 1 atom stereocenters. The van der Waals surface area contributed by atoms with Crippen LogP contribution in [0.4, 0.5) is 0 Å². The predicted octanol–water partition coefficient (Wildman–Crippen LogP) is 3.05. The summed E-state index contributed by atoms with van der Waals surface area (Å²) in [6.45, 7) is 2.71. The number of hydrogen-bond acceptors (Lipinski definition) is 5. The third-order valence-electron chi connectivity index (χ3n) is 2.85. The molecular weight excluding hydrogens is 336 g/mol. The van der Waals surface area contributed by atoms with Crippen molar-refractivity contribution in [2.75, 3.05) is 7.11 Å². The van der Waals surface area contributed by atoms with E-state index < -0.39 is 0 Å². The van der Waals surface area contributed by atoms with Gasteiger partial charge in [0.2, 0.25) is 0 Å². The highest BCUT2D eigenvalue weighted by molar-refractivity contribution is 9.10. The lowest BCUT2D eigenvalue weighted by atomic mass is 10.1. The fourth-order valence-corrected chi connectivity index (χ4v) is 2.52. The van der Waals surface area contributed by atoms with Crippen molar-refractivity contribution in [3.8, 4) is 5.75 Å². The molecule has 0 spiro atoms. The van der Waals surface area contributed by atoms with Crippen molar-refractivity contribution in [2.45, 2.75) is 32.6 Å². The molecule has 0 saturated heterocycles. The first-order valence-corrected chi connectivity index (χ1v) is 7.48. The third kappa shape index (κ3) is 4.56. The molecule has 2 rings (SSSR count). The van der Waals surface area contributed by atoms with Gasteiger partial charge in [-0.05, 0) is 40.9 Å². The molecule has 1 aromatic carbocycles. The van der Waals surface area contributed by atoms with Gasteiger partial charge in [-0.2, -0.15) is 0 Å². The molecule has 21 heavy (non-hydrogen) atoms. The average molecular weight is 355 g/mol. The van der Waals surface area contributed by atoms with Crippen molar-refractivity contribution in [1.29, 1.82) is 0 Å². The molecule has 0 amide bonds. The van der Waals surface area contributed by atoms with Crippen molar-refractivity contribution in [3.63, 3.8) is 0 Å². The largest absolute Gasteiger partial charge is 0.486 e. The van der Waals surface area contributed by atoms with E-state index in [4.69, 9.17) is 19.7 Å². The van der Waals surface area contributed by atoms with Crippen LogP contribution in [-0.2, 0) is 24.4 Å². The number of ether oxygens (including phenoxy) is 2. The Morgan fingerprint density at radius 1 is 1.38 bits per heavy atom. The number of methoxy groups -OCH3 is 1.